The van der Waals surface area contributed by atoms with Gasteiger partial charge in [0.05, 0.1) is 11.6 Å². The third-order valence-electron chi connectivity index (χ3n) is 3.99. The lowest BCUT2D eigenvalue weighted by molar-refractivity contribution is 0.0467. The van der Waals surface area contributed by atoms with Gasteiger partial charge in [0.1, 0.15) is 0 Å². The summed E-state index contributed by atoms with van der Waals surface area (Å²) in [5.74, 6) is 0.596. The van der Waals surface area contributed by atoms with Crippen LogP contribution in [0.25, 0.3) is 11.4 Å². The number of likely N-dealkylation sites (tertiary alicyclic amines) is 1. The van der Waals surface area contributed by atoms with Crippen molar-refractivity contribution in [3.05, 3.63) is 64.9 Å². The second-order valence-electron chi connectivity index (χ2n) is 5.35. The molecular formula is C17H14N4OS. The van der Waals surface area contributed by atoms with Gasteiger partial charge in [-0.25, -0.2) is 9.97 Å². The molecule has 0 radical (unpaired) electrons. The van der Waals surface area contributed by atoms with E-state index < -0.39 is 0 Å². The number of aromatic nitrogens is 3. The summed E-state index contributed by atoms with van der Waals surface area (Å²) in [5, 5.41) is 2.04. The molecule has 0 unspecified atom stereocenters. The molecule has 4 heterocycles. The molecule has 114 valence electrons. The fourth-order valence-electron chi connectivity index (χ4n) is 2.66. The largest absolute Gasteiger partial charge is 0.331 e. The molecule has 0 spiro atoms. The van der Waals surface area contributed by atoms with Gasteiger partial charge in [0.15, 0.2) is 5.82 Å². The van der Waals surface area contributed by atoms with Crippen LogP contribution in [0.3, 0.4) is 0 Å². The topological polar surface area (TPSA) is 59.0 Å². The molecule has 0 saturated carbocycles. The predicted octanol–water partition coefficient (Wildman–Crippen LogP) is 3.19. The maximum atomic E-state index is 12.6. The minimum Gasteiger partial charge on any atom is -0.331 e. The molecule has 1 aliphatic rings. The van der Waals surface area contributed by atoms with Crippen LogP contribution in [0.2, 0.25) is 0 Å². The van der Waals surface area contributed by atoms with Gasteiger partial charge < -0.3 is 4.90 Å². The third-order valence-corrected chi connectivity index (χ3v) is 4.96. The molecule has 1 saturated heterocycles. The number of hydrogen-bond donors (Lipinski definition) is 0. The molecule has 1 aliphatic heterocycles. The van der Waals surface area contributed by atoms with Crippen LogP contribution in [0.5, 0.6) is 0 Å². The summed E-state index contributed by atoms with van der Waals surface area (Å²) in [4.78, 5) is 28.3. The molecule has 4 rings (SSSR count). The quantitative estimate of drug-likeness (QED) is 0.743. The molecule has 1 atom stereocenters. The minimum absolute atomic E-state index is 0.00377. The van der Waals surface area contributed by atoms with Crippen molar-refractivity contribution in [1.82, 2.24) is 19.9 Å². The van der Waals surface area contributed by atoms with Crippen molar-refractivity contribution in [2.75, 3.05) is 6.54 Å². The number of carbonyl (C=O) groups excluding carboxylic acids is 1. The number of pyridine rings is 1. The third kappa shape index (κ3) is 2.61. The van der Waals surface area contributed by atoms with Gasteiger partial charge in [-0.1, -0.05) is 6.07 Å². The summed E-state index contributed by atoms with van der Waals surface area (Å²) in [6.45, 7) is 0.785. The molecule has 0 aliphatic carbocycles. The highest BCUT2D eigenvalue weighted by atomic mass is 32.1. The van der Waals surface area contributed by atoms with Gasteiger partial charge in [-0.05, 0) is 30.0 Å². The summed E-state index contributed by atoms with van der Waals surface area (Å²) < 4.78 is 0. The van der Waals surface area contributed by atoms with Crippen molar-refractivity contribution in [1.29, 1.82) is 0 Å². The zero-order chi connectivity index (χ0) is 15.6. The number of nitrogens with zero attached hydrogens (tertiary/aromatic N) is 4. The Hall–Kier alpha value is -2.60. The zero-order valence-electron chi connectivity index (χ0n) is 12.3. The van der Waals surface area contributed by atoms with Crippen LogP contribution in [0.1, 0.15) is 27.7 Å². The summed E-state index contributed by atoms with van der Waals surface area (Å²) in [5.41, 5.74) is 1.42. The Bertz CT molecular complexity index is 802. The van der Waals surface area contributed by atoms with Crippen molar-refractivity contribution in [2.24, 2.45) is 0 Å². The first kappa shape index (κ1) is 14.0. The van der Waals surface area contributed by atoms with E-state index in [1.165, 1.54) is 4.88 Å². The fraction of sp³-hybridized carbons (Fsp3) is 0.176. The zero-order valence-corrected chi connectivity index (χ0v) is 13.1. The number of rotatable bonds is 3. The number of hydrogen-bond acceptors (Lipinski definition) is 5. The Labute approximate surface area is 137 Å². The van der Waals surface area contributed by atoms with Crippen LogP contribution >= 0.6 is 11.3 Å². The van der Waals surface area contributed by atoms with Gasteiger partial charge in [-0.2, -0.15) is 0 Å². The van der Waals surface area contributed by atoms with Crippen molar-refractivity contribution in [2.45, 2.75) is 12.5 Å². The molecular weight excluding hydrogens is 308 g/mol. The molecule has 23 heavy (non-hydrogen) atoms. The van der Waals surface area contributed by atoms with E-state index in [0.717, 1.165) is 18.5 Å². The molecule has 6 heteroatoms. The summed E-state index contributed by atoms with van der Waals surface area (Å²) >= 11 is 1.69. The molecule has 3 aromatic heterocycles. The summed E-state index contributed by atoms with van der Waals surface area (Å²) in [6, 6.07) is 7.99. The normalized spacial score (nSPS) is 16.9. The Kier molecular flexibility index (Phi) is 3.59. The van der Waals surface area contributed by atoms with Crippen LogP contribution < -0.4 is 0 Å². The number of amides is 1. The van der Waals surface area contributed by atoms with E-state index >= 15 is 0 Å². The van der Waals surface area contributed by atoms with Crippen molar-refractivity contribution in [3.63, 3.8) is 0 Å². The highest BCUT2D eigenvalue weighted by Crippen LogP contribution is 2.36. The Morgan fingerprint density at radius 1 is 1.17 bits per heavy atom. The molecule has 3 aromatic rings. The van der Waals surface area contributed by atoms with Gasteiger partial charge in [0, 0.05) is 41.8 Å². The summed E-state index contributed by atoms with van der Waals surface area (Å²) in [6.07, 6.45) is 7.62. The SMILES string of the molecule is O=C(c1cnc(-c2ccncc2)nc1)N1CC[C@H]1c1cccs1. The molecule has 0 bridgehead atoms. The minimum atomic E-state index is -0.00377. The standard InChI is InChI=1S/C17H14N4OS/c22-17(21-8-5-14(21)15-2-1-9-23-15)13-10-19-16(20-11-13)12-3-6-18-7-4-12/h1-4,6-7,9-11,14H,5,8H2/t14-/m0/s1. The Morgan fingerprint density at radius 2 is 1.96 bits per heavy atom. The van der Waals surface area contributed by atoms with E-state index in [-0.39, 0.29) is 11.9 Å². The van der Waals surface area contributed by atoms with Gasteiger partial charge >= 0.3 is 0 Å². The maximum Gasteiger partial charge on any atom is 0.257 e. The van der Waals surface area contributed by atoms with Crippen molar-refractivity contribution in [3.8, 4) is 11.4 Å². The second kappa shape index (κ2) is 5.89. The van der Waals surface area contributed by atoms with Gasteiger partial charge in [-0.15, -0.1) is 11.3 Å². The van der Waals surface area contributed by atoms with Crippen LogP contribution in [0.4, 0.5) is 0 Å². The second-order valence-corrected chi connectivity index (χ2v) is 6.33. The van der Waals surface area contributed by atoms with Gasteiger partial charge in [0.25, 0.3) is 5.91 Å². The molecule has 1 fully saturated rings. The predicted molar refractivity (Wildman–Crippen MR) is 88.0 cm³/mol. The molecule has 0 aromatic carbocycles. The highest BCUT2D eigenvalue weighted by Gasteiger charge is 2.34. The molecule has 0 N–H and O–H groups in total. The average Bonchev–Trinajstić information content (AvgIpc) is 3.08. The number of thiophene rings is 1. The molecule has 5 nitrogen and oxygen atoms in total. The van der Waals surface area contributed by atoms with E-state index in [4.69, 9.17) is 0 Å². The molecule has 1 amide bonds. The Morgan fingerprint density at radius 3 is 2.57 bits per heavy atom. The van der Waals surface area contributed by atoms with E-state index in [1.807, 2.05) is 28.5 Å². The van der Waals surface area contributed by atoms with Crippen LogP contribution in [-0.4, -0.2) is 32.3 Å². The highest BCUT2D eigenvalue weighted by molar-refractivity contribution is 7.10. The Balaban J connectivity index is 1.53. The maximum absolute atomic E-state index is 12.6. The van der Waals surface area contributed by atoms with E-state index in [1.54, 1.807) is 36.1 Å². The van der Waals surface area contributed by atoms with Crippen LogP contribution in [0, 0.1) is 0 Å². The smallest absolute Gasteiger partial charge is 0.257 e. The van der Waals surface area contributed by atoms with Crippen LogP contribution in [-0.2, 0) is 0 Å². The number of carbonyl (C=O) groups is 1. The lowest BCUT2D eigenvalue weighted by atomic mass is 10.0. The first-order chi connectivity index (χ1) is 11.3. The lowest BCUT2D eigenvalue weighted by Gasteiger charge is -2.40. The lowest BCUT2D eigenvalue weighted by Crippen LogP contribution is -2.44. The first-order valence-electron chi connectivity index (χ1n) is 7.40. The van der Waals surface area contributed by atoms with Gasteiger partial charge in [-0.3, -0.25) is 9.78 Å². The van der Waals surface area contributed by atoms with Crippen molar-refractivity contribution >= 4 is 17.2 Å². The van der Waals surface area contributed by atoms with Gasteiger partial charge in [0.2, 0.25) is 0 Å². The van der Waals surface area contributed by atoms with E-state index in [0.29, 0.717) is 11.4 Å². The first-order valence-corrected chi connectivity index (χ1v) is 8.28. The monoisotopic (exact) mass is 322 g/mol. The van der Waals surface area contributed by atoms with Crippen molar-refractivity contribution < 1.29 is 4.79 Å². The van der Waals surface area contributed by atoms with E-state index in [9.17, 15) is 4.79 Å². The van der Waals surface area contributed by atoms with Crippen LogP contribution in [0.15, 0.2) is 54.4 Å². The average molecular weight is 322 g/mol. The van der Waals surface area contributed by atoms with E-state index in [2.05, 4.69) is 21.0 Å². The fourth-order valence-corrected chi connectivity index (χ4v) is 3.54. The summed E-state index contributed by atoms with van der Waals surface area (Å²) in [7, 11) is 0.